The predicted molar refractivity (Wildman–Crippen MR) is 170 cm³/mol. The van der Waals surface area contributed by atoms with Crippen molar-refractivity contribution >= 4 is 56.7 Å². The van der Waals surface area contributed by atoms with Gasteiger partial charge in [-0.25, -0.2) is 4.99 Å². The zero-order valence-electron chi connectivity index (χ0n) is 22.9. The number of fused-ring (bicyclic) bond motifs is 2. The summed E-state index contributed by atoms with van der Waals surface area (Å²) in [4.78, 5) is 23.7. The monoisotopic (exact) mass is 565 g/mol. The van der Waals surface area contributed by atoms with E-state index < -0.39 is 0 Å². The zero-order valence-corrected chi connectivity index (χ0v) is 24.5. The number of rotatable bonds is 5. The van der Waals surface area contributed by atoms with Crippen molar-refractivity contribution in [1.29, 1.82) is 0 Å². The molecule has 0 spiro atoms. The van der Waals surface area contributed by atoms with Gasteiger partial charge in [0, 0.05) is 38.3 Å². The molecule has 6 heteroatoms. The van der Waals surface area contributed by atoms with Crippen molar-refractivity contribution in [3.63, 3.8) is 0 Å². The highest BCUT2D eigenvalue weighted by Crippen LogP contribution is 2.45. The van der Waals surface area contributed by atoms with Crippen molar-refractivity contribution in [3.05, 3.63) is 105 Å². The number of nitrogens with zero attached hydrogens (tertiary/aromatic N) is 1. The molecule has 1 amide bonds. The van der Waals surface area contributed by atoms with Crippen molar-refractivity contribution in [3.8, 4) is 11.3 Å². The lowest BCUT2D eigenvalue weighted by Gasteiger charge is -2.33. The van der Waals surface area contributed by atoms with E-state index in [4.69, 9.17) is 16.6 Å². The second-order valence-corrected chi connectivity index (χ2v) is 13.1. The van der Waals surface area contributed by atoms with E-state index in [9.17, 15) is 4.79 Å². The van der Waals surface area contributed by atoms with Crippen molar-refractivity contribution in [2.24, 2.45) is 16.3 Å². The average Bonchev–Trinajstić information content (AvgIpc) is 3.51. The lowest BCUT2D eigenvalue weighted by Crippen LogP contribution is -2.27. The number of halogens is 1. The summed E-state index contributed by atoms with van der Waals surface area (Å²) in [6.45, 7) is 6.93. The van der Waals surface area contributed by atoms with Crippen LogP contribution in [-0.4, -0.2) is 17.1 Å². The van der Waals surface area contributed by atoms with Crippen LogP contribution in [0.15, 0.2) is 83.9 Å². The van der Waals surface area contributed by atoms with Crippen LogP contribution in [0.1, 0.15) is 53.6 Å². The molecule has 0 radical (unpaired) electrons. The number of para-hydroxylation sites is 1. The summed E-state index contributed by atoms with van der Waals surface area (Å²) < 4.78 is 0. The molecule has 1 aliphatic rings. The van der Waals surface area contributed by atoms with Crippen molar-refractivity contribution in [2.75, 3.05) is 5.32 Å². The molecule has 4 nitrogen and oxygen atoms in total. The van der Waals surface area contributed by atoms with Crippen LogP contribution in [0.5, 0.6) is 0 Å². The molecular weight excluding hydrogens is 534 g/mol. The van der Waals surface area contributed by atoms with Gasteiger partial charge in [0.2, 0.25) is 0 Å². The van der Waals surface area contributed by atoms with Gasteiger partial charge < -0.3 is 10.3 Å². The van der Waals surface area contributed by atoms with Crippen LogP contribution in [0.25, 0.3) is 22.2 Å². The minimum atomic E-state index is -0.122. The predicted octanol–water partition coefficient (Wildman–Crippen LogP) is 9.70. The molecule has 0 bridgehead atoms. The summed E-state index contributed by atoms with van der Waals surface area (Å²) in [5.41, 5.74) is 6.96. The van der Waals surface area contributed by atoms with Crippen molar-refractivity contribution in [2.45, 2.75) is 40.0 Å². The van der Waals surface area contributed by atoms with Gasteiger partial charge in [0.05, 0.1) is 11.3 Å². The molecule has 202 valence electrons. The van der Waals surface area contributed by atoms with E-state index in [1.165, 1.54) is 4.88 Å². The van der Waals surface area contributed by atoms with Crippen LogP contribution >= 0.6 is 22.9 Å². The third-order valence-electron chi connectivity index (χ3n) is 7.92. The maximum absolute atomic E-state index is 13.8. The molecule has 2 heterocycles. The normalized spacial score (nSPS) is 15.4. The lowest BCUT2D eigenvalue weighted by molar-refractivity contribution is 0.102. The van der Waals surface area contributed by atoms with E-state index in [0.29, 0.717) is 16.5 Å². The molecule has 0 saturated carbocycles. The molecule has 3 aromatic carbocycles. The fourth-order valence-corrected chi connectivity index (χ4v) is 7.01. The smallest absolute Gasteiger partial charge is 0.259 e. The molecule has 0 unspecified atom stereocenters. The number of aromatic nitrogens is 1. The summed E-state index contributed by atoms with van der Waals surface area (Å²) in [5.74, 6) is 0.448. The molecule has 1 aliphatic carbocycles. The fourth-order valence-electron chi connectivity index (χ4n) is 5.62. The molecule has 40 heavy (non-hydrogen) atoms. The summed E-state index contributed by atoms with van der Waals surface area (Å²) in [5, 5.41) is 5.59. The Morgan fingerprint density at radius 1 is 1.02 bits per heavy atom. The Morgan fingerprint density at radius 3 is 2.50 bits per heavy atom. The van der Waals surface area contributed by atoms with Gasteiger partial charge in [-0.2, -0.15) is 0 Å². The number of amides is 1. The van der Waals surface area contributed by atoms with Crippen molar-refractivity contribution < 1.29 is 4.79 Å². The highest BCUT2D eigenvalue weighted by molar-refractivity contribution is 7.16. The minimum absolute atomic E-state index is 0.122. The largest absolute Gasteiger partial charge is 0.354 e. The second-order valence-electron chi connectivity index (χ2n) is 11.5. The topological polar surface area (TPSA) is 57.2 Å². The van der Waals surface area contributed by atoms with E-state index >= 15 is 0 Å². The Hall–Kier alpha value is -3.67. The van der Waals surface area contributed by atoms with E-state index in [1.54, 1.807) is 23.5 Å². The SMILES string of the molecule is CC(C)(C)[C@H]1CCc2c(sc(N=Cc3c(-c4ccccc4)[nH]c4ccccc34)c2C(=O)Nc2ccc(Cl)cc2)C1. The van der Waals surface area contributed by atoms with Crippen LogP contribution in [-0.2, 0) is 12.8 Å². The number of carbonyl (C=O) groups excluding carboxylic acids is 1. The molecule has 0 saturated heterocycles. The maximum Gasteiger partial charge on any atom is 0.259 e. The van der Waals surface area contributed by atoms with E-state index in [2.05, 4.69) is 55.3 Å². The summed E-state index contributed by atoms with van der Waals surface area (Å²) in [6.07, 6.45) is 4.86. The van der Waals surface area contributed by atoms with Crippen LogP contribution in [0, 0.1) is 11.3 Å². The number of nitrogens with one attached hydrogen (secondary N) is 2. The molecule has 0 aliphatic heterocycles. The van der Waals surface area contributed by atoms with Crippen molar-refractivity contribution in [1.82, 2.24) is 4.98 Å². The highest BCUT2D eigenvalue weighted by atomic mass is 35.5. The van der Waals surface area contributed by atoms with Gasteiger partial charge in [0.15, 0.2) is 0 Å². The van der Waals surface area contributed by atoms with Gasteiger partial charge >= 0.3 is 0 Å². The van der Waals surface area contributed by atoms with Gasteiger partial charge in [-0.3, -0.25) is 4.79 Å². The van der Waals surface area contributed by atoms with E-state index in [-0.39, 0.29) is 11.3 Å². The number of carbonyl (C=O) groups is 1. The fraction of sp³-hybridized carbons (Fsp3) is 0.235. The molecular formula is C34H32ClN3OS. The van der Waals surface area contributed by atoms with Gasteiger partial charge in [-0.1, -0.05) is 80.9 Å². The standard InChI is InChI=1S/C34H32ClN3OS/c1-34(2,3)22-13-18-26-29(19-22)40-33(30(26)32(39)37-24-16-14-23(35)15-17-24)36-20-27-25-11-7-8-12-28(25)38-31(27)21-9-5-4-6-10-21/h4-12,14-17,20,22,38H,13,18-19H2,1-3H3,(H,37,39)/t22-/m0/s1. The number of aromatic amines is 1. The Morgan fingerprint density at radius 2 is 1.75 bits per heavy atom. The molecule has 6 rings (SSSR count). The van der Waals surface area contributed by atoms with E-state index in [0.717, 1.165) is 63.2 Å². The quantitative estimate of drug-likeness (QED) is 0.205. The first-order valence-corrected chi connectivity index (χ1v) is 14.9. The first-order valence-electron chi connectivity index (χ1n) is 13.7. The number of aliphatic imine (C=N–C) groups is 1. The lowest BCUT2D eigenvalue weighted by atomic mass is 9.72. The minimum Gasteiger partial charge on any atom is -0.354 e. The van der Waals surface area contributed by atoms with Gasteiger partial charge in [-0.15, -0.1) is 11.3 Å². The number of hydrogen-bond acceptors (Lipinski definition) is 3. The molecule has 0 fully saturated rings. The first-order chi connectivity index (χ1) is 19.3. The van der Waals surface area contributed by atoms with Crippen LogP contribution < -0.4 is 5.32 Å². The third-order valence-corrected chi connectivity index (χ3v) is 9.33. The summed E-state index contributed by atoms with van der Waals surface area (Å²) in [7, 11) is 0. The van der Waals surface area contributed by atoms with Gasteiger partial charge in [0.25, 0.3) is 5.91 Å². The van der Waals surface area contributed by atoms with Crippen LogP contribution in [0.4, 0.5) is 10.7 Å². The Labute approximate surface area is 244 Å². The summed E-state index contributed by atoms with van der Waals surface area (Å²) >= 11 is 7.74. The van der Waals surface area contributed by atoms with Crippen LogP contribution in [0.2, 0.25) is 5.02 Å². The number of benzene rings is 3. The van der Waals surface area contributed by atoms with Gasteiger partial charge in [-0.05, 0) is 72.1 Å². The second kappa shape index (κ2) is 10.7. The Balaban J connectivity index is 1.44. The first kappa shape index (κ1) is 26.5. The number of H-pyrrole nitrogens is 1. The zero-order chi connectivity index (χ0) is 27.9. The summed E-state index contributed by atoms with van der Waals surface area (Å²) in [6, 6.07) is 25.8. The average molecular weight is 566 g/mol. The molecule has 2 N–H and O–H groups in total. The number of anilines is 1. The van der Waals surface area contributed by atoms with Crippen LogP contribution in [0.3, 0.4) is 0 Å². The Kier molecular flexibility index (Phi) is 7.11. The third kappa shape index (κ3) is 5.24. The van der Waals surface area contributed by atoms with E-state index in [1.807, 2.05) is 48.7 Å². The highest BCUT2D eigenvalue weighted by Gasteiger charge is 2.33. The molecule has 5 aromatic rings. The molecule has 2 aromatic heterocycles. The van der Waals surface area contributed by atoms with Gasteiger partial charge in [0.1, 0.15) is 5.00 Å². The number of hydrogen-bond donors (Lipinski definition) is 2. The number of thiophene rings is 1. The molecule has 1 atom stereocenters. The Bertz CT molecular complexity index is 1710. The maximum atomic E-state index is 13.8.